The summed E-state index contributed by atoms with van der Waals surface area (Å²) in [4.78, 5) is 51.2. The Balaban J connectivity index is 2.38. The number of ether oxygens (including phenoxy) is 2. The summed E-state index contributed by atoms with van der Waals surface area (Å²) in [6.45, 7) is 10.7. The highest BCUT2D eigenvalue weighted by Gasteiger charge is 2.19. The lowest BCUT2D eigenvalue weighted by Crippen LogP contribution is -2.37. The molecule has 9 nitrogen and oxygen atoms in total. The lowest BCUT2D eigenvalue weighted by atomic mass is 10.0. The van der Waals surface area contributed by atoms with Crippen molar-refractivity contribution in [2.45, 2.75) is 232 Å². The summed E-state index contributed by atoms with van der Waals surface area (Å²) in [6, 6.07) is 0. The lowest BCUT2D eigenvalue weighted by molar-refractivity contribution is -0.150. The number of carbonyl (C=O) groups is 2. The van der Waals surface area contributed by atoms with E-state index in [4.69, 9.17) is 9.47 Å². The van der Waals surface area contributed by atoms with Gasteiger partial charge < -0.3 is 25.0 Å². The summed E-state index contributed by atoms with van der Waals surface area (Å²) in [6.07, 6.45) is 40.0. The molecule has 0 heterocycles. The Hall–Kier alpha value is -2.68. The average molecular weight is 830 g/mol. The summed E-state index contributed by atoms with van der Waals surface area (Å²) in [5, 5.41) is 6.00. The van der Waals surface area contributed by atoms with Gasteiger partial charge in [-0.05, 0) is 90.3 Å². The second-order valence-corrected chi connectivity index (χ2v) is 17.0. The van der Waals surface area contributed by atoms with Crippen LogP contribution in [0.4, 0.5) is 11.4 Å². The highest BCUT2D eigenvalue weighted by atomic mass is 16.5. The Morgan fingerprint density at radius 1 is 0.542 bits per heavy atom. The van der Waals surface area contributed by atoms with E-state index in [9.17, 15) is 19.2 Å². The fourth-order valence-electron chi connectivity index (χ4n) is 7.82. The van der Waals surface area contributed by atoms with Crippen molar-refractivity contribution in [2.75, 3.05) is 50.5 Å². The van der Waals surface area contributed by atoms with E-state index < -0.39 is 10.9 Å². The van der Waals surface area contributed by atoms with Crippen molar-refractivity contribution < 1.29 is 19.1 Å². The molecular weight excluding hydrogens is 739 g/mol. The molecule has 0 bridgehead atoms. The van der Waals surface area contributed by atoms with Crippen molar-refractivity contribution in [2.24, 2.45) is 0 Å². The molecule has 1 aromatic carbocycles. The number of unbranched alkanes of at least 4 members (excludes halogenated alkanes) is 22. The third kappa shape index (κ3) is 30.1. The quantitative estimate of drug-likeness (QED) is 0.0287. The molecule has 0 aliphatic heterocycles. The summed E-state index contributed by atoms with van der Waals surface area (Å²) in [5.41, 5.74) is -0.0714. The maximum Gasteiger partial charge on any atom is 0.306 e. The maximum absolute atomic E-state index is 12.8. The van der Waals surface area contributed by atoms with E-state index in [0.29, 0.717) is 37.4 Å². The van der Waals surface area contributed by atoms with Crippen molar-refractivity contribution in [3.8, 4) is 0 Å². The third-order valence-corrected chi connectivity index (χ3v) is 11.6. The second kappa shape index (κ2) is 39.5. The van der Waals surface area contributed by atoms with Crippen LogP contribution < -0.4 is 21.5 Å². The minimum Gasteiger partial charge on any atom is -0.462 e. The molecule has 0 spiro atoms. The maximum atomic E-state index is 12.8. The SMILES string of the molecule is CCCCCC/C=C\COC(=O)CCCCCCCN(CCCCCCCC(=O)OC(CCCCCCCC)CCCCCCCC)CCCNc1c(NC)c(=O)c1=O. The number of anilines is 2. The lowest BCUT2D eigenvalue weighted by Gasteiger charge is -2.23. The molecule has 59 heavy (non-hydrogen) atoms. The smallest absolute Gasteiger partial charge is 0.306 e. The minimum atomic E-state index is -0.442. The van der Waals surface area contributed by atoms with Crippen LogP contribution in [0.3, 0.4) is 0 Å². The monoisotopic (exact) mass is 830 g/mol. The number of nitrogens with zero attached hydrogens (tertiary/aromatic N) is 1. The number of hydrogen-bond donors (Lipinski definition) is 2. The highest BCUT2D eigenvalue weighted by Crippen LogP contribution is 2.19. The first-order valence-corrected chi connectivity index (χ1v) is 24.8. The first-order chi connectivity index (χ1) is 28.9. The first-order valence-electron chi connectivity index (χ1n) is 24.8. The molecule has 0 atom stereocenters. The van der Waals surface area contributed by atoms with E-state index in [1.807, 2.05) is 6.08 Å². The van der Waals surface area contributed by atoms with E-state index in [0.717, 1.165) is 122 Å². The first kappa shape index (κ1) is 54.3. The molecule has 342 valence electrons. The molecule has 0 aromatic heterocycles. The van der Waals surface area contributed by atoms with Gasteiger partial charge in [0, 0.05) is 26.4 Å². The van der Waals surface area contributed by atoms with Crippen molar-refractivity contribution in [3.63, 3.8) is 0 Å². The Kier molecular flexibility index (Phi) is 36.3. The molecule has 9 heteroatoms. The van der Waals surface area contributed by atoms with Gasteiger partial charge in [0.1, 0.15) is 24.1 Å². The standard InChI is InChI=1S/C50H91N3O6/c1-5-8-11-14-17-26-33-43-58-45(54)37-29-22-18-24-31-40-53(42-34-39-52-48-47(51-4)49(56)50(48)57)41-32-25-19-23-30-38-46(55)59-44(35-27-20-15-12-9-6-2)36-28-21-16-13-10-7-3/h26,33,44,51-52H,5-25,27-32,34-43H2,1-4H3/b33-26-. The van der Waals surface area contributed by atoms with Crippen molar-refractivity contribution in [1.29, 1.82) is 0 Å². The number of carbonyl (C=O) groups excluding carboxylic acids is 2. The second-order valence-electron chi connectivity index (χ2n) is 17.0. The number of hydrogen-bond acceptors (Lipinski definition) is 9. The van der Waals surface area contributed by atoms with Crippen molar-refractivity contribution in [1.82, 2.24) is 4.90 Å². The van der Waals surface area contributed by atoms with E-state index in [-0.39, 0.29) is 18.0 Å². The van der Waals surface area contributed by atoms with Gasteiger partial charge in [0.2, 0.25) is 0 Å². The van der Waals surface area contributed by atoms with Gasteiger partial charge in [-0.2, -0.15) is 0 Å². The van der Waals surface area contributed by atoms with Crippen LogP contribution in [0, 0.1) is 0 Å². The third-order valence-electron chi connectivity index (χ3n) is 11.6. The molecule has 0 saturated carbocycles. The summed E-state index contributed by atoms with van der Waals surface area (Å²) < 4.78 is 11.4. The molecule has 1 rings (SSSR count). The Bertz CT molecular complexity index is 1230. The fourth-order valence-corrected chi connectivity index (χ4v) is 7.82. The van der Waals surface area contributed by atoms with Crippen LogP contribution in [-0.2, 0) is 19.1 Å². The van der Waals surface area contributed by atoms with E-state index in [1.165, 1.54) is 89.9 Å². The zero-order chi connectivity index (χ0) is 43.0. The van der Waals surface area contributed by atoms with Gasteiger partial charge in [0.15, 0.2) is 0 Å². The summed E-state index contributed by atoms with van der Waals surface area (Å²) in [7, 11) is 1.67. The van der Waals surface area contributed by atoms with Crippen LogP contribution in [0.2, 0.25) is 0 Å². The predicted octanol–water partition coefficient (Wildman–Crippen LogP) is 12.6. The van der Waals surface area contributed by atoms with Crippen molar-refractivity contribution >= 4 is 23.3 Å². The van der Waals surface area contributed by atoms with Gasteiger partial charge in [-0.1, -0.05) is 155 Å². The minimum absolute atomic E-state index is 0.00604. The zero-order valence-corrected chi connectivity index (χ0v) is 38.8. The molecule has 0 unspecified atom stereocenters. The summed E-state index contributed by atoms with van der Waals surface area (Å²) in [5.74, 6) is -0.106. The van der Waals surface area contributed by atoms with Gasteiger partial charge >= 0.3 is 11.9 Å². The topological polar surface area (TPSA) is 114 Å². The van der Waals surface area contributed by atoms with Crippen LogP contribution in [-0.4, -0.2) is 62.8 Å². The fraction of sp³-hybridized carbons (Fsp3) is 0.840. The number of esters is 2. The van der Waals surface area contributed by atoms with Gasteiger partial charge in [-0.15, -0.1) is 0 Å². The molecular formula is C50H91N3O6. The Morgan fingerprint density at radius 2 is 1.00 bits per heavy atom. The van der Waals surface area contributed by atoms with E-state index >= 15 is 0 Å². The van der Waals surface area contributed by atoms with Crippen LogP contribution in [0.5, 0.6) is 0 Å². The van der Waals surface area contributed by atoms with Crippen LogP contribution in [0.25, 0.3) is 0 Å². The van der Waals surface area contributed by atoms with Crippen LogP contribution >= 0.6 is 0 Å². The zero-order valence-electron chi connectivity index (χ0n) is 38.8. The van der Waals surface area contributed by atoms with Gasteiger partial charge in [0.25, 0.3) is 10.9 Å². The largest absolute Gasteiger partial charge is 0.462 e. The molecule has 0 radical (unpaired) electrons. The van der Waals surface area contributed by atoms with E-state index in [1.54, 1.807) is 7.05 Å². The molecule has 1 aromatic rings. The highest BCUT2D eigenvalue weighted by molar-refractivity contribution is 5.73. The average Bonchev–Trinajstić information content (AvgIpc) is 3.23. The summed E-state index contributed by atoms with van der Waals surface area (Å²) >= 11 is 0. The predicted molar refractivity (Wildman–Crippen MR) is 251 cm³/mol. The number of allylic oxidation sites excluding steroid dienone is 1. The Labute approximate surface area is 361 Å². The molecule has 0 saturated heterocycles. The van der Waals surface area contributed by atoms with Gasteiger partial charge in [-0.25, -0.2) is 0 Å². The molecule has 0 aliphatic rings. The Morgan fingerprint density at radius 3 is 1.56 bits per heavy atom. The molecule has 0 amide bonds. The van der Waals surface area contributed by atoms with Crippen LogP contribution in [0.15, 0.2) is 21.7 Å². The number of rotatable bonds is 44. The van der Waals surface area contributed by atoms with Crippen molar-refractivity contribution in [3.05, 3.63) is 32.6 Å². The molecule has 0 aliphatic carbocycles. The van der Waals surface area contributed by atoms with Gasteiger partial charge in [-0.3, -0.25) is 19.2 Å². The molecule has 2 N–H and O–H groups in total. The van der Waals surface area contributed by atoms with Crippen LogP contribution in [0.1, 0.15) is 226 Å². The van der Waals surface area contributed by atoms with E-state index in [2.05, 4.69) is 42.4 Å². The normalized spacial score (nSPS) is 11.7. The molecule has 0 fully saturated rings. The van der Waals surface area contributed by atoms with Gasteiger partial charge in [0.05, 0.1) is 0 Å². The number of nitrogens with one attached hydrogen (secondary N) is 2.